The Balaban J connectivity index is 1.36. The van der Waals surface area contributed by atoms with Crippen LogP contribution in [-0.4, -0.2) is 28.4 Å². The average Bonchev–Trinajstić information content (AvgIpc) is 3.22. The lowest BCUT2D eigenvalue weighted by Crippen LogP contribution is -2.64. The summed E-state index contributed by atoms with van der Waals surface area (Å²) >= 11 is 20.2. The van der Waals surface area contributed by atoms with Crippen LogP contribution in [-0.2, 0) is 4.74 Å². The first-order chi connectivity index (χ1) is 27.0. The molecule has 1 atom stereocenters. The zero-order valence-corrected chi connectivity index (χ0v) is 34.9. The Kier molecular flexibility index (Phi) is 11.6. The Bertz CT molecular complexity index is 2700. The van der Waals surface area contributed by atoms with Gasteiger partial charge in [0.2, 0.25) is 10.9 Å². The second-order valence-electron chi connectivity index (χ2n) is 12.5. The van der Waals surface area contributed by atoms with E-state index < -0.39 is 16.8 Å². The van der Waals surface area contributed by atoms with Gasteiger partial charge in [-0.1, -0.05) is 53.5 Å². The molecule has 0 saturated carbocycles. The van der Waals surface area contributed by atoms with Crippen molar-refractivity contribution in [1.82, 2.24) is 0 Å². The standard InChI is InChI=1S/C44H31Br2Cl2O8/c1-51-37-19-25(20-38(52-2)41(37)45)33-15-23(17-35(55-33)27-9-5-7-11-31(27)47)13-29-43(49)30(44(29)50)14-24-16-34(26-21-39(53-3)42(46)40(22-26)54-4)56-36(18-24)28-10-6-8-12-32(28)48/h5-23H,1-4H3/q+1. The maximum atomic E-state index is 13.8. The third kappa shape index (κ3) is 7.67. The topological polar surface area (TPSA) is 91.6 Å². The quantitative estimate of drug-likeness (QED) is 0.126. The molecular weight excluding hydrogens is 887 g/mol. The Morgan fingerprint density at radius 1 is 0.625 bits per heavy atom. The number of allylic oxidation sites excluding steroid dienone is 2. The van der Waals surface area contributed by atoms with Gasteiger partial charge in [-0.25, -0.2) is 4.42 Å². The number of benzene rings is 4. The molecule has 1 aromatic heterocycles. The van der Waals surface area contributed by atoms with Crippen LogP contribution in [0.4, 0.5) is 0 Å². The molecule has 0 spiro atoms. The molecule has 0 bridgehead atoms. The van der Waals surface area contributed by atoms with Crippen molar-refractivity contribution in [3.8, 4) is 45.6 Å². The number of hydrogen-bond donors (Lipinski definition) is 0. The monoisotopic (exact) mass is 915 g/mol. The highest BCUT2D eigenvalue weighted by molar-refractivity contribution is 9.11. The summed E-state index contributed by atoms with van der Waals surface area (Å²) in [6, 6.07) is 25.2. The molecule has 5 aromatic carbocycles. The van der Waals surface area contributed by atoms with Gasteiger partial charge >= 0.3 is 11.5 Å². The summed E-state index contributed by atoms with van der Waals surface area (Å²) in [5.74, 6) is 3.34. The molecule has 7 rings (SSSR count). The number of hydrogen-bond acceptors (Lipinski definition) is 7. The fourth-order valence-electron chi connectivity index (χ4n) is 6.28. The van der Waals surface area contributed by atoms with Crippen LogP contribution < -0.4 is 40.2 Å². The third-order valence-electron chi connectivity index (χ3n) is 9.11. The fourth-order valence-corrected chi connectivity index (χ4v) is 7.84. The molecule has 0 aliphatic carbocycles. The van der Waals surface area contributed by atoms with E-state index in [1.165, 1.54) is 0 Å². The van der Waals surface area contributed by atoms with Gasteiger partial charge in [0.1, 0.15) is 43.5 Å². The summed E-state index contributed by atoms with van der Waals surface area (Å²) in [4.78, 5) is 27.6. The molecule has 0 amide bonds. The Labute approximate surface area is 348 Å². The van der Waals surface area contributed by atoms with E-state index >= 15 is 0 Å². The SMILES string of the molecule is COc1cc(C2=CC(C=c3c(=O)c(=Cc4cc(-c5cc(OC)c(Br)c(OC)c5)[o+]c(-c5ccccc5Cl)c4)c3=O)C=C(c3ccccc3Cl)O2)cc(OC)c1Br. The first-order valence-corrected chi connectivity index (χ1v) is 19.3. The average molecular weight is 918 g/mol. The van der Waals surface area contributed by atoms with E-state index in [1.807, 2.05) is 48.6 Å². The molecule has 8 nitrogen and oxygen atoms in total. The first kappa shape index (κ1) is 39.1. The predicted octanol–water partition coefficient (Wildman–Crippen LogP) is 9.69. The molecule has 1 unspecified atom stereocenters. The lowest BCUT2D eigenvalue weighted by molar-refractivity contribution is 0.388. The summed E-state index contributed by atoms with van der Waals surface area (Å²) in [6.07, 6.45) is 6.83. The van der Waals surface area contributed by atoms with E-state index in [-0.39, 0.29) is 10.4 Å². The number of rotatable bonds is 10. The molecule has 0 saturated heterocycles. The first-order valence-electron chi connectivity index (χ1n) is 17.0. The maximum absolute atomic E-state index is 13.8. The van der Waals surface area contributed by atoms with E-state index in [0.29, 0.717) is 92.8 Å². The van der Waals surface area contributed by atoms with Crippen molar-refractivity contribution in [2.24, 2.45) is 5.92 Å². The predicted molar refractivity (Wildman–Crippen MR) is 228 cm³/mol. The van der Waals surface area contributed by atoms with Gasteiger partial charge in [-0.15, -0.1) is 0 Å². The van der Waals surface area contributed by atoms with E-state index in [2.05, 4.69) is 31.9 Å². The fraction of sp³-hybridized carbons (Fsp3) is 0.114. The summed E-state index contributed by atoms with van der Waals surface area (Å²) in [5.41, 5.74) is 2.30. The molecule has 282 valence electrons. The highest BCUT2D eigenvalue weighted by Gasteiger charge is 2.26. The molecule has 1 aliphatic heterocycles. The zero-order chi connectivity index (χ0) is 39.7. The molecule has 0 N–H and O–H groups in total. The molecule has 0 fully saturated rings. The number of halogens is 4. The van der Waals surface area contributed by atoms with Crippen LogP contribution in [0.2, 0.25) is 10.0 Å². The van der Waals surface area contributed by atoms with Crippen LogP contribution in [0.3, 0.4) is 0 Å². The van der Waals surface area contributed by atoms with Crippen LogP contribution in [0.1, 0.15) is 16.7 Å². The molecule has 0 radical (unpaired) electrons. The maximum Gasteiger partial charge on any atom is 0.362 e. The van der Waals surface area contributed by atoms with Gasteiger partial charge in [-0.05, 0) is 104 Å². The summed E-state index contributed by atoms with van der Waals surface area (Å²) in [5, 5.41) is 1.02. The summed E-state index contributed by atoms with van der Waals surface area (Å²) in [6.45, 7) is 0. The largest absolute Gasteiger partial charge is 0.495 e. The minimum Gasteiger partial charge on any atom is -0.495 e. The van der Waals surface area contributed by atoms with E-state index in [1.54, 1.807) is 89.1 Å². The van der Waals surface area contributed by atoms with Crippen LogP contribution in [0.5, 0.6) is 23.0 Å². The lowest BCUT2D eigenvalue weighted by Gasteiger charge is -2.22. The second kappa shape index (κ2) is 16.5. The lowest BCUT2D eigenvalue weighted by atomic mass is 9.97. The minimum absolute atomic E-state index is 0.0263. The number of ether oxygens (including phenoxy) is 5. The van der Waals surface area contributed by atoms with Gasteiger partial charge < -0.3 is 23.7 Å². The van der Waals surface area contributed by atoms with Crippen molar-refractivity contribution < 1.29 is 28.1 Å². The molecule has 12 heteroatoms. The summed E-state index contributed by atoms with van der Waals surface area (Å²) in [7, 11) is 6.21. The van der Waals surface area contributed by atoms with Gasteiger partial charge in [-0.2, -0.15) is 0 Å². The normalized spacial score (nSPS) is 13.7. The summed E-state index contributed by atoms with van der Waals surface area (Å²) < 4.78 is 36.3. The van der Waals surface area contributed by atoms with E-state index in [4.69, 9.17) is 51.3 Å². The molecule has 6 aromatic rings. The minimum atomic E-state index is -0.522. The van der Waals surface area contributed by atoms with Gasteiger partial charge in [0.05, 0.1) is 72.2 Å². The van der Waals surface area contributed by atoms with Crippen molar-refractivity contribution >= 4 is 78.7 Å². The van der Waals surface area contributed by atoms with Crippen molar-refractivity contribution in [1.29, 1.82) is 0 Å². The van der Waals surface area contributed by atoms with Crippen molar-refractivity contribution in [3.05, 3.63) is 164 Å². The Morgan fingerprint density at radius 2 is 1.11 bits per heavy atom. The van der Waals surface area contributed by atoms with Crippen molar-refractivity contribution in [2.75, 3.05) is 28.4 Å². The molecular formula is C44H31Br2Cl2O8+. The van der Waals surface area contributed by atoms with E-state index in [9.17, 15) is 9.59 Å². The highest BCUT2D eigenvalue weighted by atomic mass is 79.9. The zero-order valence-electron chi connectivity index (χ0n) is 30.2. The third-order valence-corrected chi connectivity index (χ3v) is 11.3. The van der Waals surface area contributed by atoms with Gasteiger partial charge in [0.25, 0.3) is 0 Å². The van der Waals surface area contributed by atoms with Crippen LogP contribution in [0.25, 0.3) is 46.3 Å². The Morgan fingerprint density at radius 3 is 1.64 bits per heavy atom. The highest BCUT2D eigenvalue weighted by Crippen LogP contribution is 2.42. The van der Waals surface area contributed by atoms with Gasteiger partial charge in [0, 0.05) is 17.0 Å². The van der Waals surface area contributed by atoms with Gasteiger partial charge in [-0.3, -0.25) is 9.59 Å². The van der Waals surface area contributed by atoms with Crippen molar-refractivity contribution in [3.63, 3.8) is 0 Å². The molecule has 56 heavy (non-hydrogen) atoms. The van der Waals surface area contributed by atoms with Crippen LogP contribution in [0, 0.1) is 5.92 Å². The van der Waals surface area contributed by atoms with Gasteiger partial charge in [0.15, 0.2) is 0 Å². The van der Waals surface area contributed by atoms with Crippen LogP contribution >= 0.6 is 55.1 Å². The second-order valence-corrected chi connectivity index (χ2v) is 14.9. The smallest absolute Gasteiger partial charge is 0.362 e. The number of methoxy groups -OCH3 is 4. The van der Waals surface area contributed by atoms with E-state index in [0.717, 1.165) is 0 Å². The molecule has 1 aliphatic rings. The molecule has 2 heterocycles. The Hall–Kier alpha value is -5.13. The van der Waals surface area contributed by atoms with Crippen molar-refractivity contribution in [2.45, 2.75) is 0 Å². The van der Waals surface area contributed by atoms with Crippen LogP contribution in [0.15, 0.2) is 120 Å².